The number of thiazole rings is 1. The van der Waals surface area contributed by atoms with E-state index >= 15 is 0 Å². The van der Waals surface area contributed by atoms with Crippen LogP contribution >= 0.6 is 23.1 Å². The Morgan fingerprint density at radius 3 is 2.77 bits per heavy atom. The highest BCUT2D eigenvalue weighted by Crippen LogP contribution is 2.37. The summed E-state index contributed by atoms with van der Waals surface area (Å²) in [5, 5.41) is 13.3. The number of nitriles is 1. The van der Waals surface area contributed by atoms with E-state index in [0.717, 1.165) is 25.4 Å². The largest absolute Gasteiger partial charge is 0.365 e. The lowest BCUT2D eigenvalue weighted by Crippen LogP contribution is -2.55. The normalized spacial score (nSPS) is 16.1. The Bertz CT molecular complexity index is 1030. The summed E-state index contributed by atoms with van der Waals surface area (Å²) < 4.78 is 1.03. The summed E-state index contributed by atoms with van der Waals surface area (Å²) in [6, 6.07) is 5.38. The van der Waals surface area contributed by atoms with E-state index in [4.69, 9.17) is 0 Å². The maximum absolute atomic E-state index is 13.3. The number of amides is 2. The number of nitrogens with zero attached hydrogens (tertiary/aromatic N) is 4. The van der Waals surface area contributed by atoms with Crippen LogP contribution in [0.5, 0.6) is 0 Å². The molecule has 1 saturated heterocycles. The van der Waals surface area contributed by atoms with Gasteiger partial charge in [0.1, 0.15) is 6.04 Å². The van der Waals surface area contributed by atoms with Crippen molar-refractivity contribution >= 4 is 40.0 Å². The minimum Gasteiger partial charge on any atom is -0.365 e. The first kappa shape index (κ1) is 21.9. The second-order valence-electron chi connectivity index (χ2n) is 6.90. The molecular weight excluding hydrogens is 418 g/mol. The van der Waals surface area contributed by atoms with Gasteiger partial charge in [-0.2, -0.15) is 5.26 Å². The van der Waals surface area contributed by atoms with Crippen molar-refractivity contribution in [3.05, 3.63) is 47.7 Å². The molecule has 2 heterocycles. The molecule has 1 aromatic carbocycles. The fourth-order valence-corrected chi connectivity index (χ4v) is 5.23. The van der Waals surface area contributed by atoms with Crippen molar-refractivity contribution in [2.45, 2.75) is 29.0 Å². The standard InChI is InChI=1S/C21H23N5O2S2/c1-5-18(27)26-7-6-25(12-15(26)10-22)20(28)16-9-17(14(3)8-13(16)2)29-19-11-24-21(23-4)30-19/h5,8-9,11,15H,1,6-7,12H2,2-4H3,(H,23,24). The molecule has 0 bridgehead atoms. The molecule has 2 amide bonds. The zero-order valence-electron chi connectivity index (χ0n) is 17.1. The molecule has 0 radical (unpaired) electrons. The molecule has 30 heavy (non-hydrogen) atoms. The van der Waals surface area contributed by atoms with E-state index in [9.17, 15) is 14.9 Å². The molecule has 2 aromatic rings. The third-order valence-electron chi connectivity index (χ3n) is 4.94. The predicted molar refractivity (Wildman–Crippen MR) is 119 cm³/mol. The summed E-state index contributed by atoms with van der Waals surface area (Å²) in [5.41, 5.74) is 2.59. The van der Waals surface area contributed by atoms with Crippen molar-refractivity contribution in [2.24, 2.45) is 0 Å². The third kappa shape index (κ3) is 4.50. The Labute approximate surface area is 184 Å². The quantitative estimate of drug-likeness (QED) is 0.716. The molecule has 156 valence electrons. The topological polar surface area (TPSA) is 89.3 Å². The molecule has 0 aliphatic carbocycles. The summed E-state index contributed by atoms with van der Waals surface area (Å²) in [7, 11) is 1.83. The van der Waals surface area contributed by atoms with Crippen molar-refractivity contribution in [1.82, 2.24) is 14.8 Å². The average Bonchev–Trinajstić information content (AvgIpc) is 3.21. The Morgan fingerprint density at radius 1 is 1.37 bits per heavy atom. The van der Waals surface area contributed by atoms with Gasteiger partial charge in [-0.25, -0.2) is 4.98 Å². The molecule has 0 spiro atoms. The van der Waals surface area contributed by atoms with Gasteiger partial charge in [0.05, 0.1) is 23.0 Å². The van der Waals surface area contributed by atoms with Gasteiger partial charge < -0.3 is 15.1 Å². The van der Waals surface area contributed by atoms with Crippen molar-refractivity contribution in [3.63, 3.8) is 0 Å². The van der Waals surface area contributed by atoms with Gasteiger partial charge in [-0.1, -0.05) is 35.7 Å². The number of anilines is 1. The number of hydrogen-bond acceptors (Lipinski definition) is 7. The van der Waals surface area contributed by atoms with Gasteiger partial charge in [0.2, 0.25) is 5.91 Å². The number of carbonyl (C=O) groups is 2. The molecule has 1 aliphatic heterocycles. The second kappa shape index (κ2) is 9.32. The van der Waals surface area contributed by atoms with Crippen LogP contribution in [0.15, 0.2) is 40.1 Å². The van der Waals surface area contributed by atoms with Crippen LogP contribution in [-0.4, -0.2) is 59.3 Å². The molecule has 7 nitrogen and oxygen atoms in total. The van der Waals surface area contributed by atoms with Crippen LogP contribution < -0.4 is 5.32 Å². The lowest BCUT2D eigenvalue weighted by atomic mass is 10.0. The molecule has 1 aliphatic rings. The monoisotopic (exact) mass is 441 g/mol. The van der Waals surface area contributed by atoms with Gasteiger partial charge in [-0.05, 0) is 37.1 Å². The Hall–Kier alpha value is -2.83. The maximum Gasteiger partial charge on any atom is 0.254 e. The summed E-state index contributed by atoms with van der Waals surface area (Å²) in [5.74, 6) is -0.412. The number of benzene rings is 1. The number of hydrogen-bond donors (Lipinski definition) is 1. The van der Waals surface area contributed by atoms with Crippen LogP contribution in [0.4, 0.5) is 5.13 Å². The lowest BCUT2D eigenvalue weighted by Gasteiger charge is -2.38. The van der Waals surface area contributed by atoms with Crippen LogP contribution in [0.3, 0.4) is 0 Å². The van der Waals surface area contributed by atoms with Gasteiger partial charge in [0.25, 0.3) is 5.91 Å². The first-order valence-corrected chi connectivity index (χ1v) is 11.1. The van der Waals surface area contributed by atoms with Crippen LogP contribution in [0, 0.1) is 25.2 Å². The fraction of sp³-hybridized carbons (Fsp3) is 0.333. The van der Waals surface area contributed by atoms with Crippen molar-refractivity contribution in [3.8, 4) is 6.07 Å². The summed E-state index contributed by atoms with van der Waals surface area (Å²) in [4.78, 5) is 33.6. The first-order valence-electron chi connectivity index (χ1n) is 9.42. The number of nitrogens with one attached hydrogen (secondary N) is 1. The maximum atomic E-state index is 13.3. The SMILES string of the molecule is C=CC(=O)N1CCN(C(=O)c2cc(Sc3cnc(NC)s3)c(C)cc2C)CC1C#N. The molecule has 1 N–H and O–H groups in total. The van der Waals surface area contributed by atoms with E-state index in [1.807, 2.05) is 39.2 Å². The van der Waals surface area contributed by atoms with Crippen molar-refractivity contribution in [2.75, 3.05) is 32.0 Å². The molecule has 1 aromatic heterocycles. The highest BCUT2D eigenvalue weighted by Gasteiger charge is 2.32. The summed E-state index contributed by atoms with van der Waals surface area (Å²) in [6.07, 6.45) is 3.02. The number of rotatable bonds is 5. The van der Waals surface area contributed by atoms with E-state index in [-0.39, 0.29) is 18.4 Å². The molecule has 1 atom stereocenters. The third-order valence-corrected chi connectivity index (χ3v) is 7.21. The smallest absolute Gasteiger partial charge is 0.254 e. The van der Waals surface area contributed by atoms with E-state index < -0.39 is 6.04 Å². The average molecular weight is 442 g/mol. The summed E-state index contributed by atoms with van der Waals surface area (Å²) in [6.45, 7) is 8.31. The molecule has 1 unspecified atom stereocenters. The Kier molecular flexibility index (Phi) is 6.80. The van der Waals surface area contributed by atoms with Crippen LogP contribution in [0.1, 0.15) is 21.5 Å². The highest BCUT2D eigenvalue weighted by atomic mass is 32.2. The van der Waals surface area contributed by atoms with Gasteiger partial charge in [0, 0.05) is 30.6 Å². The van der Waals surface area contributed by atoms with Crippen LogP contribution in [-0.2, 0) is 4.79 Å². The molecular formula is C21H23N5O2S2. The molecule has 3 rings (SSSR count). The minimum absolute atomic E-state index is 0.125. The van der Waals surface area contributed by atoms with Gasteiger partial charge in [-0.3, -0.25) is 9.59 Å². The fourth-order valence-electron chi connectivity index (χ4n) is 3.33. The zero-order valence-corrected chi connectivity index (χ0v) is 18.8. The van der Waals surface area contributed by atoms with E-state index in [0.29, 0.717) is 18.7 Å². The molecule has 9 heteroatoms. The number of carbonyl (C=O) groups excluding carboxylic acids is 2. The number of aromatic nitrogens is 1. The molecule has 0 saturated carbocycles. The number of piperazine rings is 1. The van der Waals surface area contributed by atoms with Crippen molar-refractivity contribution < 1.29 is 9.59 Å². The van der Waals surface area contributed by atoms with E-state index in [2.05, 4.69) is 22.9 Å². The van der Waals surface area contributed by atoms with Gasteiger partial charge in [0.15, 0.2) is 5.13 Å². The lowest BCUT2D eigenvalue weighted by molar-refractivity contribution is -0.129. The zero-order chi connectivity index (χ0) is 21.8. The first-order chi connectivity index (χ1) is 14.4. The second-order valence-corrected chi connectivity index (χ2v) is 9.27. The molecule has 1 fully saturated rings. The Morgan fingerprint density at radius 2 is 2.13 bits per heavy atom. The van der Waals surface area contributed by atoms with Crippen molar-refractivity contribution in [1.29, 1.82) is 5.26 Å². The predicted octanol–water partition coefficient (Wildman–Crippen LogP) is 3.32. The number of aryl methyl sites for hydroxylation is 2. The van der Waals surface area contributed by atoms with E-state index in [1.54, 1.807) is 28.0 Å². The van der Waals surface area contributed by atoms with Crippen LogP contribution in [0.25, 0.3) is 0 Å². The minimum atomic E-state index is -0.676. The van der Waals surface area contributed by atoms with Crippen LogP contribution in [0.2, 0.25) is 0 Å². The summed E-state index contributed by atoms with van der Waals surface area (Å²) >= 11 is 3.13. The Balaban J connectivity index is 1.83. The highest BCUT2D eigenvalue weighted by molar-refractivity contribution is 8.01. The van der Waals surface area contributed by atoms with Gasteiger partial charge in [-0.15, -0.1) is 0 Å². The van der Waals surface area contributed by atoms with E-state index in [1.165, 1.54) is 11.0 Å². The van der Waals surface area contributed by atoms with Gasteiger partial charge >= 0.3 is 0 Å².